The molecular formula is C56H31B2NO2S3. The van der Waals surface area contributed by atoms with E-state index < -0.39 is 0 Å². The van der Waals surface area contributed by atoms with Crippen LogP contribution in [0.3, 0.4) is 0 Å². The molecule has 8 heteroatoms. The number of hydrogen-bond donors (Lipinski definition) is 0. The molecule has 9 aromatic carbocycles. The normalized spacial score (nSPS) is 14.4. The van der Waals surface area contributed by atoms with Gasteiger partial charge in [0, 0.05) is 46.8 Å². The van der Waals surface area contributed by atoms with E-state index in [0.717, 1.165) is 33.1 Å². The van der Waals surface area contributed by atoms with E-state index in [1.165, 1.54) is 123 Å². The summed E-state index contributed by atoms with van der Waals surface area (Å²) in [5.41, 5.74) is 23.2. The molecule has 64 heavy (non-hydrogen) atoms. The first-order valence-corrected chi connectivity index (χ1v) is 24.4. The van der Waals surface area contributed by atoms with Crippen molar-refractivity contribution in [1.29, 1.82) is 0 Å². The molecule has 16 rings (SSSR count). The van der Waals surface area contributed by atoms with Crippen LogP contribution in [-0.2, 0) is 0 Å². The molecule has 0 N–H and O–H groups in total. The van der Waals surface area contributed by atoms with Crippen molar-refractivity contribution in [2.75, 3.05) is 4.90 Å². The van der Waals surface area contributed by atoms with Crippen molar-refractivity contribution >= 4 is 142 Å². The molecule has 0 unspecified atom stereocenters. The first kappa shape index (κ1) is 35.0. The zero-order valence-electron chi connectivity index (χ0n) is 34.6. The van der Waals surface area contributed by atoms with Crippen LogP contribution in [0, 0.1) is 13.8 Å². The van der Waals surface area contributed by atoms with Crippen molar-refractivity contribution < 1.29 is 8.83 Å². The Kier molecular flexibility index (Phi) is 6.67. The van der Waals surface area contributed by atoms with Gasteiger partial charge in [0.1, 0.15) is 11.2 Å². The van der Waals surface area contributed by atoms with Crippen LogP contribution in [0.15, 0.2) is 190 Å². The summed E-state index contributed by atoms with van der Waals surface area (Å²) in [7, 11) is 0. The maximum Gasteiger partial charge on any atom is 0.249 e. The van der Waals surface area contributed by atoms with Gasteiger partial charge in [-0.15, -0.1) is 0 Å². The highest BCUT2D eigenvalue weighted by Crippen LogP contribution is 2.59. The highest BCUT2D eigenvalue weighted by atomic mass is 32.2. The molecule has 0 saturated carbocycles. The lowest BCUT2D eigenvalue weighted by Crippen LogP contribution is -2.68. The fourth-order valence-corrected chi connectivity index (χ4v) is 15.4. The number of nitrogens with zero attached hydrogens (tertiary/aromatic N) is 1. The number of benzene rings is 9. The van der Waals surface area contributed by atoms with Gasteiger partial charge < -0.3 is 13.7 Å². The molecule has 5 aliphatic rings. The van der Waals surface area contributed by atoms with Gasteiger partial charge in [-0.3, -0.25) is 0 Å². The summed E-state index contributed by atoms with van der Waals surface area (Å²) in [4.78, 5) is 10.4. The average molecular weight is 868 g/mol. The first-order chi connectivity index (χ1) is 31.5. The molecule has 7 heterocycles. The Labute approximate surface area is 382 Å². The van der Waals surface area contributed by atoms with Gasteiger partial charge in [-0.1, -0.05) is 168 Å². The Hall–Kier alpha value is -6.44. The Morgan fingerprint density at radius 2 is 0.875 bits per heavy atom. The summed E-state index contributed by atoms with van der Waals surface area (Å²) in [5.74, 6) is 0. The van der Waals surface area contributed by atoms with E-state index in [1.807, 2.05) is 35.3 Å². The van der Waals surface area contributed by atoms with Gasteiger partial charge in [-0.25, -0.2) is 0 Å². The van der Waals surface area contributed by atoms with Crippen LogP contribution in [0.25, 0.3) is 66.1 Å². The summed E-state index contributed by atoms with van der Waals surface area (Å²) in [6.07, 6.45) is 0. The van der Waals surface area contributed by atoms with Gasteiger partial charge in [0.05, 0.1) is 21.2 Å². The van der Waals surface area contributed by atoms with Crippen molar-refractivity contribution in [2.45, 2.75) is 43.2 Å². The van der Waals surface area contributed by atoms with E-state index in [1.54, 1.807) is 0 Å². The van der Waals surface area contributed by atoms with Crippen LogP contribution < -0.4 is 37.7 Å². The summed E-state index contributed by atoms with van der Waals surface area (Å²) in [6, 6.07) is 57.0. The van der Waals surface area contributed by atoms with Crippen LogP contribution in [0.4, 0.5) is 17.1 Å². The fraction of sp³-hybridized carbons (Fsp3) is 0.0357. The number of anilines is 3. The van der Waals surface area contributed by atoms with Gasteiger partial charge in [0.2, 0.25) is 13.4 Å². The zero-order valence-corrected chi connectivity index (χ0v) is 37.0. The predicted octanol–water partition coefficient (Wildman–Crippen LogP) is 12.0. The predicted molar refractivity (Wildman–Crippen MR) is 271 cm³/mol. The molecule has 0 aliphatic carbocycles. The fourth-order valence-electron chi connectivity index (χ4n) is 11.7. The Morgan fingerprint density at radius 3 is 1.36 bits per heavy atom. The van der Waals surface area contributed by atoms with Crippen LogP contribution >= 0.6 is 35.3 Å². The minimum absolute atomic E-state index is 0.0179. The van der Waals surface area contributed by atoms with E-state index in [0.29, 0.717) is 0 Å². The molecule has 5 aliphatic heterocycles. The third-order valence-corrected chi connectivity index (χ3v) is 17.9. The van der Waals surface area contributed by atoms with Crippen LogP contribution in [-0.4, -0.2) is 13.4 Å². The summed E-state index contributed by atoms with van der Waals surface area (Å²) in [6.45, 7) is 4.34. The quantitative estimate of drug-likeness (QED) is 0.161. The number of hydrogen-bond acceptors (Lipinski definition) is 6. The molecule has 0 amide bonds. The molecule has 296 valence electrons. The van der Waals surface area contributed by atoms with E-state index in [-0.39, 0.29) is 13.4 Å². The smallest absolute Gasteiger partial charge is 0.249 e. The molecular weight excluding hydrogens is 836 g/mol. The minimum atomic E-state index is 0.0179. The molecule has 0 spiro atoms. The van der Waals surface area contributed by atoms with Gasteiger partial charge in [0.25, 0.3) is 0 Å². The van der Waals surface area contributed by atoms with Crippen LogP contribution in [0.5, 0.6) is 0 Å². The standard InChI is InChI=1S/C56H31B2NO2S3/c1-28-13-17-34-36-25-40-50-55(53(36)60-42(34)21-28)64-56-51-41(26-37-35-18-14-29(2)22-43(35)61-54(37)56)58-39-24-33(31-11-7-4-8-12-31)16-20-45(39)63-47-27-46-48(52(49(47)58)59(50)51)57(40)38-23-32(15-19-44(38)62-46)30-9-5-3-6-10-30/h3-27H,1-2H3. The Morgan fingerprint density at radius 1 is 0.391 bits per heavy atom. The van der Waals surface area contributed by atoms with Crippen LogP contribution in [0.1, 0.15) is 11.1 Å². The number of fused-ring (bicyclic) bond motifs is 14. The van der Waals surface area contributed by atoms with Crippen molar-refractivity contribution in [1.82, 2.24) is 0 Å². The van der Waals surface area contributed by atoms with Crippen LogP contribution in [0.2, 0.25) is 0 Å². The summed E-state index contributed by atoms with van der Waals surface area (Å²) >= 11 is 5.75. The maximum absolute atomic E-state index is 7.08. The largest absolute Gasteiger partial charge is 0.455 e. The molecule has 3 nitrogen and oxygen atoms in total. The summed E-state index contributed by atoms with van der Waals surface area (Å²) in [5, 5.41) is 4.65. The molecule has 0 radical (unpaired) electrons. The second kappa shape index (κ2) is 12.2. The first-order valence-electron chi connectivity index (χ1n) is 21.9. The van der Waals surface area contributed by atoms with Gasteiger partial charge in [0.15, 0.2) is 11.2 Å². The number of aryl methyl sites for hydroxylation is 2. The van der Waals surface area contributed by atoms with E-state index >= 15 is 0 Å². The Bertz CT molecular complexity index is 3740. The molecule has 0 atom stereocenters. The highest BCUT2D eigenvalue weighted by Gasteiger charge is 2.53. The molecule has 11 aromatic rings. The molecule has 0 fully saturated rings. The van der Waals surface area contributed by atoms with Gasteiger partial charge in [-0.05, 0) is 99.4 Å². The molecule has 2 aromatic heterocycles. The average Bonchev–Trinajstić information content (AvgIpc) is 3.88. The van der Waals surface area contributed by atoms with Crippen molar-refractivity contribution in [3.05, 3.63) is 163 Å². The highest BCUT2D eigenvalue weighted by molar-refractivity contribution is 8.01. The Balaban J connectivity index is 1.08. The topological polar surface area (TPSA) is 29.5 Å². The monoisotopic (exact) mass is 867 g/mol. The molecule has 0 saturated heterocycles. The zero-order chi connectivity index (χ0) is 41.7. The lowest BCUT2D eigenvalue weighted by atomic mass is 9.30. The van der Waals surface area contributed by atoms with Gasteiger partial charge in [-0.2, -0.15) is 0 Å². The lowest BCUT2D eigenvalue weighted by molar-refractivity contribution is 0.657. The van der Waals surface area contributed by atoms with E-state index in [9.17, 15) is 0 Å². The third kappa shape index (κ3) is 4.41. The van der Waals surface area contributed by atoms with Crippen molar-refractivity contribution in [3.8, 4) is 22.3 Å². The van der Waals surface area contributed by atoms with Crippen molar-refractivity contribution in [2.24, 2.45) is 0 Å². The van der Waals surface area contributed by atoms with E-state index in [4.69, 9.17) is 8.83 Å². The number of rotatable bonds is 2. The second-order valence-corrected chi connectivity index (χ2v) is 21.2. The minimum Gasteiger partial charge on any atom is -0.455 e. The lowest BCUT2D eigenvalue weighted by Gasteiger charge is -2.49. The van der Waals surface area contributed by atoms with E-state index in [2.05, 4.69) is 170 Å². The van der Waals surface area contributed by atoms with Crippen molar-refractivity contribution in [3.63, 3.8) is 0 Å². The second-order valence-electron chi connectivity index (χ2n) is 18.0. The molecule has 0 bridgehead atoms. The SMILES string of the molecule is Cc1ccc2c(c1)oc1c3c4c(cc12)B1c2cc(-c5ccccc5)ccc2Sc2cc5c6c(c21)N4c1c(cc2c(oc4cc(C)ccc42)c1S3)B6c1cc(-c2ccccc2)ccc1S5. The number of furan rings is 2. The van der Waals surface area contributed by atoms with Gasteiger partial charge >= 0.3 is 0 Å². The maximum atomic E-state index is 7.08. The third-order valence-electron chi connectivity index (χ3n) is 14.4. The summed E-state index contributed by atoms with van der Waals surface area (Å²) < 4.78 is 14.2.